The molecule has 0 spiro atoms. The maximum absolute atomic E-state index is 13.5. The zero-order valence-electron chi connectivity index (χ0n) is 21.3. The second-order valence-electron chi connectivity index (χ2n) is 9.02. The Hall–Kier alpha value is -3.12. The molecule has 0 atom stereocenters. The summed E-state index contributed by atoms with van der Waals surface area (Å²) in [5, 5.41) is 3.86. The molecular formula is C30H36N2O3S. The second kappa shape index (κ2) is 13.3. The zero-order valence-corrected chi connectivity index (χ0v) is 22.2. The molecule has 1 aromatic heterocycles. The molecule has 1 aliphatic rings. The van der Waals surface area contributed by atoms with Gasteiger partial charge in [-0.05, 0) is 80.5 Å². The summed E-state index contributed by atoms with van der Waals surface area (Å²) in [6.45, 7) is 5.35. The van der Waals surface area contributed by atoms with Crippen LogP contribution >= 0.6 is 11.3 Å². The molecule has 1 amide bonds. The summed E-state index contributed by atoms with van der Waals surface area (Å²) in [7, 11) is 0. The number of unbranched alkanes of at least 4 members (excludes halogenated alkanes) is 1. The lowest BCUT2D eigenvalue weighted by Crippen LogP contribution is -2.14. The molecule has 0 bridgehead atoms. The SMILES string of the molecule is CCCCOc1ccc(C=Nc2sc3c(c2C(=O)Nc2ccccc2)CCCCCC3)cc1OCC. The second-order valence-corrected chi connectivity index (χ2v) is 10.1. The molecule has 0 radical (unpaired) electrons. The van der Waals surface area contributed by atoms with E-state index in [0.717, 1.165) is 71.8 Å². The molecule has 6 heteroatoms. The Bertz CT molecular complexity index is 1170. The molecule has 5 nitrogen and oxygen atoms in total. The molecule has 190 valence electrons. The van der Waals surface area contributed by atoms with Gasteiger partial charge >= 0.3 is 0 Å². The number of para-hydroxylation sites is 1. The van der Waals surface area contributed by atoms with Crippen molar-refractivity contribution in [2.75, 3.05) is 18.5 Å². The average Bonchev–Trinajstić information content (AvgIpc) is 3.21. The smallest absolute Gasteiger partial charge is 0.259 e. The molecule has 0 fully saturated rings. The summed E-state index contributed by atoms with van der Waals surface area (Å²) in [5.41, 5.74) is 3.61. The van der Waals surface area contributed by atoms with Crippen molar-refractivity contribution in [2.24, 2.45) is 4.99 Å². The summed E-state index contributed by atoms with van der Waals surface area (Å²) in [6, 6.07) is 15.5. The third-order valence-corrected chi connectivity index (χ3v) is 7.47. The molecule has 2 aromatic carbocycles. The van der Waals surface area contributed by atoms with Gasteiger partial charge < -0.3 is 14.8 Å². The summed E-state index contributed by atoms with van der Waals surface area (Å²) in [4.78, 5) is 19.6. The van der Waals surface area contributed by atoms with Crippen LogP contribution in [0.3, 0.4) is 0 Å². The fraction of sp³-hybridized carbons (Fsp3) is 0.400. The van der Waals surface area contributed by atoms with Crippen molar-refractivity contribution in [3.63, 3.8) is 0 Å². The van der Waals surface area contributed by atoms with Crippen LogP contribution in [0.5, 0.6) is 11.5 Å². The van der Waals surface area contributed by atoms with Gasteiger partial charge in [0.05, 0.1) is 18.8 Å². The van der Waals surface area contributed by atoms with E-state index in [0.29, 0.717) is 13.2 Å². The number of fused-ring (bicyclic) bond motifs is 1. The number of benzene rings is 2. The van der Waals surface area contributed by atoms with Crippen LogP contribution in [0.25, 0.3) is 0 Å². The lowest BCUT2D eigenvalue weighted by atomic mass is 9.96. The van der Waals surface area contributed by atoms with E-state index in [2.05, 4.69) is 12.2 Å². The molecule has 0 saturated carbocycles. The monoisotopic (exact) mass is 504 g/mol. The molecule has 3 aromatic rings. The minimum Gasteiger partial charge on any atom is -0.490 e. The number of aryl methyl sites for hydroxylation is 1. The van der Waals surface area contributed by atoms with Crippen LogP contribution in [0, 0.1) is 0 Å². The Kier molecular flexibility index (Phi) is 9.56. The number of nitrogens with one attached hydrogen (secondary N) is 1. The highest BCUT2D eigenvalue weighted by Gasteiger charge is 2.24. The fourth-order valence-electron chi connectivity index (χ4n) is 4.40. The molecule has 0 saturated heterocycles. The molecular weight excluding hydrogens is 468 g/mol. The van der Waals surface area contributed by atoms with Gasteiger partial charge in [-0.25, -0.2) is 4.99 Å². The van der Waals surface area contributed by atoms with Gasteiger partial charge in [-0.3, -0.25) is 4.79 Å². The number of carbonyl (C=O) groups is 1. The van der Waals surface area contributed by atoms with E-state index in [-0.39, 0.29) is 5.91 Å². The molecule has 4 rings (SSSR count). The minimum atomic E-state index is -0.0823. The van der Waals surface area contributed by atoms with Crippen molar-refractivity contribution in [3.8, 4) is 11.5 Å². The van der Waals surface area contributed by atoms with Gasteiger partial charge in [0.25, 0.3) is 5.91 Å². The first-order valence-corrected chi connectivity index (χ1v) is 14.0. The first kappa shape index (κ1) is 26.0. The van der Waals surface area contributed by atoms with Crippen LogP contribution in [0.2, 0.25) is 0 Å². The highest BCUT2D eigenvalue weighted by Crippen LogP contribution is 2.39. The van der Waals surface area contributed by atoms with E-state index in [1.165, 1.54) is 23.3 Å². The molecule has 0 unspecified atom stereocenters. The van der Waals surface area contributed by atoms with Crippen LogP contribution in [-0.4, -0.2) is 25.3 Å². The molecule has 1 N–H and O–H groups in total. The number of thiophene rings is 1. The summed E-state index contributed by atoms with van der Waals surface area (Å²) < 4.78 is 11.7. The van der Waals surface area contributed by atoms with Crippen LogP contribution in [0.15, 0.2) is 53.5 Å². The number of amides is 1. The molecule has 36 heavy (non-hydrogen) atoms. The first-order chi connectivity index (χ1) is 17.7. The maximum atomic E-state index is 13.5. The lowest BCUT2D eigenvalue weighted by molar-refractivity contribution is 0.102. The zero-order chi connectivity index (χ0) is 25.2. The quantitative estimate of drug-likeness (QED) is 0.225. The highest BCUT2D eigenvalue weighted by atomic mass is 32.1. The standard InChI is InChI=1S/C30H36N2O3S/c1-3-5-19-35-25-18-17-22(20-26(25)34-4-2)21-31-30-28(29(33)32-23-13-9-8-10-14-23)24-15-11-6-7-12-16-27(24)36-30/h8-10,13-14,17-18,20-21H,3-7,11-12,15-16,19H2,1-2H3,(H,32,33). The fourth-order valence-corrected chi connectivity index (χ4v) is 5.63. The van der Waals surface area contributed by atoms with Gasteiger partial charge in [0.1, 0.15) is 5.00 Å². The lowest BCUT2D eigenvalue weighted by Gasteiger charge is -2.12. The molecule has 1 heterocycles. The number of anilines is 1. The molecule has 1 aliphatic carbocycles. The van der Waals surface area contributed by atoms with Crippen molar-refractivity contribution in [3.05, 3.63) is 70.1 Å². The minimum absolute atomic E-state index is 0.0823. The van der Waals surface area contributed by atoms with Crippen LogP contribution in [-0.2, 0) is 12.8 Å². The van der Waals surface area contributed by atoms with E-state index in [1.54, 1.807) is 11.3 Å². The van der Waals surface area contributed by atoms with E-state index >= 15 is 0 Å². The number of hydrogen-bond acceptors (Lipinski definition) is 5. The summed E-state index contributed by atoms with van der Waals surface area (Å²) >= 11 is 1.66. The Labute approximate surface area is 218 Å². The van der Waals surface area contributed by atoms with Crippen molar-refractivity contribution in [1.82, 2.24) is 0 Å². The van der Waals surface area contributed by atoms with E-state index in [9.17, 15) is 4.79 Å². The Morgan fingerprint density at radius 2 is 1.81 bits per heavy atom. The number of ether oxygens (including phenoxy) is 2. The summed E-state index contributed by atoms with van der Waals surface area (Å²) in [6.07, 6.45) is 10.6. The number of hydrogen-bond donors (Lipinski definition) is 1. The first-order valence-electron chi connectivity index (χ1n) is 13.1. The van der Waals surface area contributed by atoms with Gasteiger partial charge in [0.15, 0.2) is 11.5 Å². The van der Waals surface area contributed by atoms with E-state index < -0.39 is 0 Å². The van der Waals surface area contributed by atoms with Gasteiger partial charge in [-0.2, -0.15) is 0 Å². The van der Waals surface area contributed by atoms with Crippen LogP contribution in [0.1, 0.15) is 78.7 Å². The van der Waals surface area contributed by atoms with Crippen molar-refractivity contribution < 1.29 is 14.3 Å². The third kappa shape index (κ3) is 6.76. The highest BCUT2D eigenvalue weighted by molar-refractivity contribution is 7.16. The normalized spacial score (nSPS) is 13.6. The van der Waals surface area contributed by atoms with Crippen LogP contribution in [0.4, 0.5) is 10.7 Å². The number of aliphatic imine (C=N–C) groups is 1. The topological polar surface area (TPSA) is 59.9 Å². The van der Waals surface area contributed by atoms with E-state index in [1.807, 2.05) is 61.7 Å². The van der Waals surface area contributed by atoms with Crippen LogP contribution < -0.4 is 14.8 Å². The third-order valence-electron chi connectivity index (χ3n) is 6.27. The predicted molar refractivity (Wildman–Crippen MR) is 150 cm³/mol. The average molecular weight is 505 g/mol. The van der Waals surface area contributed by atoms with Crippen molar-refractivity contribution in [2.45, 2.75) is 65.2 Å². The number of nitrogens with zero attached hydrogens (tertiary/aromatic N) is 1. The van der Waals surface area contributed by atoms with Gasteiger partial charge in [-0.1, -0.05) is 44.4 Å². The Morgan fingerprint density at radius 1 is 1.00 bits per heavy atom. The maximum Gasteiger partial charge on any atom is 0.259 e. The van der Waals surface area contributed by atoms with Gasteiger partial charge in [-0.15, -0.1) is 11.3 Å². The largest absolute Gasteiger partial charge is 0.490 e. The van der Waals surface area contributed by atoms with E-state index in [4.69, 9.17) is 14.5 Å². The van der Waals surface area contributed by atoms with Crippen molar-refractivity contribution in [1.29, 1.82) is 0 Å². The predicted octanol–water partition coefficient (Wildman–Crippen LogP) is 7.99. The van der Waals surface area contributed by atoms with Gasteiger partial charge in [0, 0.05) is 16.8 Å². The molecule has 0 aliphatic heterocycles. The summed E-state index contributed by atoms with van der Waals surface area (Å²) in [5.74, 6) is 1.39. The number of carbonyl (C=O) groups excluding carboxylic acids is 1. The van der Waals surface area contributed by atoms with Crippen molar-refractivity contribution >= 4 is 34.1 Å². The van der Waals surface area contributed by atoms with Gasteiger partial charge in [0.2, 0.25) is 0 Å². The Morgan fingerprint density at radius 3 is 2.58 bits per heavy atom. The Balaban J connectivity index is 1.64. The number of rotatable bonds is 10.